The van der Waals surface area contributed by atoms with Gasteiger partial charge in [-0.3, -0.25) is 9.11 Å². The first-order valence-electron chi connectivity index (χ1n) is 5.71. The van der Waals surface area contributed by atoms with Gasteiger partial charge >= 0.3 is 29.6 Å². The molecular formula is C10H15NaO10S2. The van der Waals surface area contributed by atoms with E-state index in [0.717, 1.165) is 6.07 Å². The van der Waals surface area contributed by atoms with Crippen molar-refractivity contribution in [2.45, 2.75) is 9.79 Å². The Hall–Kier alpha value is -0.440. The van der Waals surface area contributed by atoms with Crippen LogP contribution in [0, 0.1) is 0 Å². The van der Waals surface area contributed by atoms with Crippen LogP contribution in [0.15, 0.2) is 21.9 Å². The fourth-order valence-corrected chi connectivity index (χ4v) is 2.71. The van der Waals surface area contributed by atoms with Gasteiger partial charge in [-0.1, -0.05) is 0 Å². The number of hydrogen-bond acceptors (Lipinski definition) is 8. The van der Waals surface area contributed by atoms with Crippen molar-refractivity contribution in [3.05, 3.63) is 12.1 Å². The van der Waals surface area contributed by atoms with Gasteiger partial charge in [0.15, 0.2) is 11.5 Å². The third-order valence-corrected chi connectivity index (χ3v) is 3.95. The van der Waals surface area contributed by atoms with Crippen LogP contribution < -0.4 is 9.47 Å². The zero-order valence-corrected chi connectivity index (χ0v) is 12.7. The summed E-state index contributed by atoms with van der Waals surface area (Å²) in [6.45, 7) is -1.68. The Morgan fingerprint density at radius 3 is 1.83 bits per heavy atom. The summed E-state index contributed by atoms with van der Waals surface area (Å²) in [5.74, 6) is -1.01. The monoisotopic (exact) mass is 382 g/mol. The van der Waals surface area contributed by atoms with Gasteiger partial charge in [0, 0.05) is 6.07 Å². The Bertz CT molecular complexity index is 728. The van der Waals surface area contributed by atoms with Gasteiger partial charge < -0.3 is 19.7 Å². The van der Waals surface area contributed by atoms with E-state index in [9.17, 15) is 16.8 Å². The molecule has 0 heterocycles. The summed E-state index contributed by atoms with van der Waals surface area (Å²) in [6, 6.07) is 1.23. The molecule has 0 unspecified atom stereocenters. The van der Waals surface area contributed by atoms with Crippen LogP contribution in [0.2, 0.25) is 0 Å². The molecule has 1 aromatic rings. The van der Waals surface area contributed by atoms with Crippen molar-refractivity contribution in [3.63, 3.8) is 0 Å². The van der Waals surface area contributed by atoms with Crippen molar-refractivity contribution >= 4 is 49.8 Å². The van der Waals surface area contributed by atoms with Crippen LogP contribution in [0.25, 0.3) is 0 Å². The first-order valence-corrected chi connectivity index (χ1v) is 8.59. The topological polar surface area (TPSA) is 168 Å². The van der Waals surface area contributed by atoms with E-state index >= 15 is 0 Å². The molecule has 0 aliphatic rings. The van der Waals surface area contributed by atoms with Gasteiger partial charge in [-0.2, -0.15) is 16.8 Å². The van der Waals surface area contributed by atoms with Crippen LogP contribution in [0.5, 0.6) is 11.5 Å². The zero-order valence-electron chi connectivity index (χ0n) is 11.0. The van der Waals surface area contributed by atoms with E-state index in [1.807, 2.05) is 0 Å². The molecule has 0 atom stereocenters. The predicted molar refractivity (Wildman–Crippen MR) is 78.4 cm³/mol. The van der Waals surface area contributed by atoms with Crippen LogP contribution >= 0.6 is 0 Å². The van der Waals surface area contributed by atoms with Crippen molar-refractivity contribution in [2.75, 3.05) is 26.4 Å². The SMILES string of the molecule is O=S(=O)(O)c1cc(OCCO)c(OCCO)c(S(=O)(=O)O)c1.[NaH]. The Labute approximate surface area is 154 Å². The molecular weight excluding hydrogens is 367 g/mol. The van der Waals surface area contributed by atoms with Crippen molar-refractivity contribution < 1.29 is 45.6 Å². The quantitative estimate of drug-likeness (QED) is 0.300. The van der Waals surface area contributed by atoms with E-state index in [0.29, 0.717) is 6.07 Å². The van der Waals surface area contributed by atoms with Crippen LogP contribution in [-0.2, 0) is 20.2 Å². The number of aliphatic hydroxyl groups excluding tert-OH is 2. The maximum atomic E-state index is 11.4. The van der Waals surface area contributed by atoms with Crippen LogP contribution in [0.1, 0.15) is 0 Å². The molecule has 0 aromatic heterocycles. The molecule has 0 amide bonds. The van der Waals surface area contributed by atoms with E-state index < -0.39 is 54.7 Å². The van der Waals surface area contributed by atoms with Crippen molar-refractivity contribution in [1.29, 1.82) is 0 Å². The first kappa shape index (κ1) is 22.6. The summed E-state index contributed by atoms with van der Waals surface area (Å²) < 4.78 is 73.1. The van der Waals surface area contributed by atoms with E-state index in [-0.39, 0.29) is 42.8 Å². The molecule has 23 heavy (non-hydrogen) atoms. The number of ether oxygens (including phenoxy) is 2. The summed E-state index contributed by atoms with van der Waals surface area (Å²) in [7, 11) is -9.71. The molecule has 1 aromatic carbocycles. The molecule has 0 bridgehead atoms. The number of aliphatic hydroxyl groups is 2. The van der Waals surface area contributed by atoms with Crippen LogP contribution in [-0.4, -0.2) is 92.1 Å². The second kappa shape index (κ2) is 9.15. The molecule has 4 N–H and O–H groups in total. The molecule has 0 aliphatic heterocycles. The van der Waals surface area contributed by atoms with Crippen LogP contribution in [0.3, 0.4) is 0 Å². The summed E-state index contributed by atoms with van der Waals surface area (Å²) in [5, 5.41) is 17.4. The van der Waals surface area contributed by atoms with Gasteiger partial charge in [-0.25, -0.2) is 0 Å². The molecule has 10 nitrogen and oxygen atoms in total. The van der Waals surface area contributed by atoms with Crippen LogP contribution in [0.4, 0.5) is 0 Å². The summed E-state index contributed by atoms with van der Waals surface area (Å²) >= 11 is 0. The van der Waals surface area contributed by atoms with Crippen molar-refractivity contribution in [1.82, 2.24) is 0 Å². The average Bonchev–Trinajstić information content (AvgIpc) is 2.40. The molecule has 128 valence electrons. The van der Waals surface area contributed by atoms with E-state index in [1.165, 1.54) is 0 Å². The summed E-state index contributed by atoms with van der Waals surface area (Å²) in [4.78, 5) is -1.83. The summed E-state index contributed by atoms with van der Waals surface area (Å²) in [5.41, 5.74) is 0. The fraction of sp³-hybridized carbons (Fsp3) is 0.400. The van der Waals surface area contributed by atoms with Gasteiger partial charge in [0.25, 0.3) is 20.2 Å². The fourth-order valence-electron chi connectivity index (χ4n) is 1.45. The number of hydrogen-bond donors (Lipinski definition) is 4. The minimum absolute atomic E-state index is 0. The standard InChI is InChI=1S/C10H14O10S2.Na.H/c11-1-3-19-8-5-7(21(13,14)15)6-9(22(16,17)18)10(8)20-4-2-12;;/h5-6,11-12H,1-4H2,(H,13,14,15)(H,16,17,18);;. The van der Waals surface area contributed by atoms with E-state index in [4.69, 9.17) is 28.8 Å². The van der Waals surface area contributed by atoms with Gasteiger partial charge in [0.2, 0.25) is 0 Å². The molecule has 1 rings (SSSR count). The Morgan fingerprint density at radius 1 is 0.870 bits per heavy atom. The third-order valence-electron chi connectivity index (χ3n) is 2.26. The average molecular weight is 382 g/mol. The minimum atomic E-state index is -4.92. The second-order valence-electron chi connectivity index (χ2n) is 3.84. The second-order valence-corrected chi connectivity index (χ2v) is 6.65. The third kappa shape index (κ3) is 6.52. The van der Waals surface area contributed by atoms with Crippen molar-refractivity contribution in [3.8, 4) is 11.5 Å². The van der Waals surface area contributed by atoms with E-state index in [1.54, 1.807) is 0 Å². The molecule has 0 fully saturated rings. The van der Waals surface area contributed by atoms with Gasteiger partial charge in [0.05, 0.1) is 18.1 Å². The first-order chi connectivity index (χ1) is 10.1. The molecule has 0 radical (unpaired) electrons. The van der Waals surface area contributed by atoms with Gasteiger partial charge in [0.1, 0.15) is 18.1 Å². The molecule has 13 heteroatoms. The van der Waals surface area contributed by atoms with Crippen molar-refractivity contribution in [2.24, 2.45) is 0 Å². The zero-order chi connectivity index (χ0) is 17.0. The molecule has 0 saturated heterocycles. The molecule has 0 aliphatic carbocycles. The number of rotatable bonds is 8. The summed E-state index contributed by atoms with van der Waals surface area (Å²) in [6.07, 6.45) is 0. The molecule has 0 saturated carbocycles. The Kier molecular flexibility index (Phi) is 8.97. The van der Waals surface area contributed by atoms with Gasteiger partial charge in [-0.05, 0) is 6.07 Å². The predicted octanol–water partition coefficient (Wildman–Crippen LogP) is -1.73. The van der Waals surface area contributed by atoms with Gasteiger partial charge in [-0.15, -0.1) is 0 Å². The van der Waals surface area contributed by atoms with E-state index in [2.05, 4.69) is 0 Å². The molecule has 0 spiro atoms. The Morgan fingerprint density at radius 2 is 1.39 bits per heavy atom. The normalized spacial score (nSPS) is 11.7. The number of benzene rings is 1. The maximum absolute atomic E-state index is 11.4. The Balaban J connectivity index is 0.00000484.